The molecule has 2 aromatic carbocycles. The van der Waals surface area contributed by atoms with E-state index in [1.54, 1.807) is 38.1 Å². The van der Waals surface area contributed by atoms with Crippen LogP contribution >= 0.6 is 11.6 Å². The van der Waals surface area contributed by atoms with Crippen molar-refractivity contribution in [2.45, 2.75) is 39.4 Å². The van der Waals surface area contributed by atoms with Crippen molar-refractivity contribution >= 4 is 51.9 Å². The standard InChI is InChI=1S/C30H33ClFN7O4/c1-18(2)38(16-25(40)34-15-20-9-6-10-23(31)27(20)32)26(41)17-39-24-12-11-21(13-22(24)28(37-39)29(33)42)36-30(43)35-14-19-7-4-3-5-8-19/h3-7,9-13,18-19H,8,14-17H2,1-2H3,(H2,33,42)(H,34,40)(H2,35,36,43). The maximum absolute atomic E-state index is 14.2. The molecule has 0 saturated carbocycles. The molecule has 4 rings (SSSR count). The van der Waals surface area contributed by atoms with Crippen molar-refractivity contribution in [1.29, 1.82) is 0 Å². The van der Waals surface area contributed by atoms with Gasteiger partial charge in [-0.15, -0.1) is 0 Å². The van der Waals surface area contributed by atoms with Crippen LogP contribution in [0.1, 0.15) is 36.3 Å². The Morgan fingerprint density at radius 2 is 1.95 bits per heavy atom. The Balaban J connectivity index is 1.43. The van der Waals surface area contributed by atoms with E-state index in [1.807, 2.05) is 24.3 Å². The highest BCUT2D eigenvalue weighted by Crippen LogP contribution is 2.23. The highest BCUT2D eigenvalue weighted by Gasteiger charge is 2.24. The van der Waals surface area contributed by atoms with Crippen LogP contribution in [0.25, 0.3) is 10.9 Å². The fourth-order valence-corrected chi connectivity index (χ4v) is 4.80. The smallest absolute Gasteiger partial charge is 0.319 e. The second-order valence-corrected chi connectivity index (χ2v) is 10.8. The number of aromatic nitrogens is 2. The summed E-state index contributed by atoms with van der Waals surface area (Å²) < 4.78 is 15.5. The van der Waals surface area contributed by atoms with Gasteiger partial charge in [0.25, 0.3) is 5.91 Å². The third-order valence-electron chi connectivity index (χ3n) is 6.89. The molecule has 1 aromatic heterocycles. The molecule has 5 N–H and O–H groups in total. The monoisotopic (exact) mass is 609 g/mol. The second-order valence-electron chi connectivity index (χ2n) is 10.4. The summed E-state index contributed by atoms with van der Waals surface area (Å²) in [5, 5.41) is 12.7. The van der Waals surface area contributed by atoms with Crippen LogP contribution in [0.15, 0.2) is 60.7 Å². The van der Waals surface area contributed by atoms with Crippen molar-refractivity contribution in [1.82, 2.24) is 25.3 Å². The van der Waals surface area contributed by atoms with Crippen LogP contribution in [0.2, 0.25) is 5.02 Å². The Morgan fingerprint density at radius 1 is 1.16 bits per heavy atom. The number of urea groups is 1. The summed E-state index contributed by atoms with van der Waals surface area (Å²) in [7, 11) is 0. The van der Waals surface area contributed by atoms with Crippen LogP contribution < -0.4 is 21.7 Å². The lowest BCUT2D eigenvalue weighted by molar-refractivity contribution is -0.138. The first-order chi connectivity index (χ1) is 20.5. The Morgan fingerprint density at radius 3 is 2.65 bits per heavy atom. The molecule has 0 saturated heterocycles. The van der Waals surface area contributed by atoms with E-state index in [0.29, 0.717) is 23.1 Å². The summed E-state index contributed by atoms with van der Waals surface area (Å²) in [6.45, 7) is 3.31. The van der Waals surface area contributed by atoms with Gasteiger partial charge >= 0.3 is 6.03 Å². The molecule has 0 spiro atoms. The normalized spacial score (nSPS) is 14.1. The molecule has 43 heavy (non-hydrogen) atoms. The molecule has 1 atom stereocenters. The summed E-state index contributed by atoms with van der Waals surface area (Å²) in [5.41, 5.74) is 6.58. The first kappa shape index (κ1) is 31.2. The van der Waals surface area contributed by atoms with Gasteiger partial charge < -0.3 is 26.6 Å². The van der Waals surface area contributed by atoms with Crippen molar-refractivity contribution in [3.63, 3.8) is 0 Å². The van der Waals surface area contributed by atoms with Gasteiger partial charge in [-0.05, 0) is 50.5 Å². The maximum atomic E-state index is 14.2. The summed E-state index contributed by atoms with van der Waals surface area (Å²) in [4.78, 5) is 52.0. The number of nitrogens with two attached hydrogens (primary N) is 1. The van der Waals surface area contributed by atoms with E-state index in [0.717, 1.165) is 6.42 Å². The molecule has 13 heteroatoms. The van der Waals surface area contributed by atoms with E-state index >= 15 is 0 Å². The zero-order valence-corrected chi connectivity index (χ0v) is 24.5. The number of nitrogens with zero attached hydrogens (tertiary/aromatic N) is 3. The number of amides is 5. The van der Waals surface area contributed by atoms with Gasteiger partial charge in [-0.2, -0.15) is 5.10 Å². The minimum absolute atomic E-state index is 0.0520. The Kier molecular flexibility index (Phi) is 10.1. The highest BCUT2D eigenvalue weighted by molar-refractivity contribution is 6.30. The van der Waals surface area contributed by atoms with Gasteiger partial charge in [-0.25, -0.2) is 9.18 Å². The Hall–Kier alpha value is -4.71. The number of primary amides is 1. The minimum Gasteiger partial charge on any atom is -0.364 e. The number of halogens is 2. The lowest BCUT2D eigenvalue weighted by atomic mass is 10.0. The molecule has 226 valence electrons. The Labute approximate surface area is 252 Å². The first-order valence-corrected chi connectivity index (χ1v) is 14.1. The van der Waals surface area contributed by atoms with Gasteiger partial charge in [-0.1, -0.05) is 48.0 Å². The number of hydrogen-bond acceptors (Lipinski definition) is 5. The van der Waals surface area contributed by atoms with E-state index < -0.39 is 29.6 Å². The number of carbonyl (C=O) groups is 4. The molecule has 3 aromatic rings. The van der Waals surface area contributed by atoms with E-state index in [-0.39, 0.29) is 47.9 Å². The van der Waals surface area contributed by atoms with E-state index in [9.17, 15) is 23.6 Å². The van der Waals surface area contributed by atoms with Crippen molar-refractivity contribution < 1.29 is 23.6 Å². The third kappa shape index (κ3) is 7.98. The average Bonchev–Trinajstić information content (AvgIpc) is 3.33. The second kappa shape index (κ2) is 14.0. The highest BCUT2D eigenvalue weighted by atomic mass is 35.5. The SMILES string of the molecule is CC(C)N(CC(=O)NCc1cccc(Cl)c1F)C(=O)Cn1nc(C(N)=O)c2cc(NC(=O)NCC3C=CC=CC3)ccc21. The van der Waals surface area contributed by atoms with Crippen LogP contribution in [-0.2, 0) is 22.7 Å². The molecule has 0 fully saturated rings. The lowest BCUT2D eigenvalue weighted by Crippen LogP contribution is -2.45. The fourth-order valence-electron chi connectivity index (χ4n) is 4.61. The van der Waals surface area contributed by atoms with Gasteiger partial charge in [-0.3, -0.25) is 19.1 Å². The van der Waals surface area contributed by atoms with Crippen molar-refractivity contribution in [3.05, 3.63) is 82.8 Å². The number of carbonyl (C=O) groups excluding carboxylic acids is 4. The summed E-state index contributed by atoms with van der Waals surface area (Å²) in [5.74, 6) is -2.14. The van der Waals surface area contributed by atoms with Crippen molar-refractivity contribution in [2.24, 2.45) is 11.7 Å². The van der Waals surface area contributed by atoms with Crippen LogP contribution in [0.3, 0.4) is 0 Å². The Bertz CT molecular complexity index is 1600. The number of hydrogen-bond donors (Lipinski definition) is 4. The van der Waals surface area contributed by atoms with Crippen molar-refractivity contribution in [3.8, 4) is 0 Å². The number of fused-ring (bicyclic) bond motifs is 1. The quantitative estimate of drug-likeness (QED) is 0.261. The largest absolute Gasteiger partial charge is 0.364 e. The topological polar surface area (TPSA) is 151 Å². The number of benzene rings is 2. The van der Waals surface area contributed by atoms with Gasteiger partial charge in [0.05, 0.1) is 17.1 Å². The zero-order valence-electron chi connectivity index (χ0n) is 23.8. The van der Waals surface area contributed by atoms with Crippen LogP contribution in [0.5, 0.6) is 0 Å². The predicted octanol–water partition coefficient (Wildman–Crippen LogP) is 3.73. The zero-order chi connectivity index (χ0) is 31.1. The molecular weight excluding hydrogens is 577 g/mol. The third-order valence-corrected chi connectivity index (χ3v) is 7.18. The summed E-state index contributed by atoms with van der Waals surface area (Å²) >= 11 is 5.80. The molecule has 1 heterocycles. The molecule has 0 bridgehead atoms. The molecule has 11 nitrogen and oxygen atoms in total. The van der Waals surface area contributed by atoms with Gasteiger partial charge in [0, 0.05) is 35.8 Å². The number of anilines is 1. The van der Waals surface area contributed by atoms with E-state index in [2.05, 4.69) is 21.0 Å². The molecular formula is C30H33ClFN7O4. The van der Waals surface area contributed by atoms with Crippen molar-refractivity contribution in [2.75, 3.05) is 18.4 Å². The average molecular weight is 610 g/mol. The van der Waals surface area contributed by atoms with Crippen LogP contribution in [0, 0.1) is 11.7 Å². The predicted molar refractivity (Wildman–Crippen MR) is 162 cm³/mol. The van der Waals surface area contributed by atoms with Gasteiger partial charge in [0.1, 0.15) is 12.4 Å². The molecule has 1 aliphatic rings. The minimum atomic E-state index is -0.803. The van der Waals surface area contributed by atoms with Gasteiger partial charge in [0.15, 0.2) is 5.69 Å². The first-order valence-electron chi connectivity index (χ1n) is 13.7. The number of rotatable bonds is 11. The fraction of sp³-hybridized carbons (Fsp3) is 0.300. The van der Waals surface area contributed by atoms with Gasteiger partial charge in [0.2, 0.25) is 11.8 Å². The lowest BCUT2D eigenvalue weighted by Gasteiger charge is -2.26. The maximum Gasteiger partial charge on any atom is 0.319 e. The summed E-state index contributed by atoms with van der Waals surface area (Å²) in [6.07, 6.45) is 8.79. The number of allylic oxidation sites excluding steroid dienone is 3. The van der Waals surface area contributed by atoms with Crippen LogP contribution in [-0.4, -0.2) is 57.6 Å². The number of nitrogens with one attached hydrogen (secondary N) is 3. The molecule has 1 aliphatic carbocycles. The molecule has 0 radical (unpaired) electrons. The molecule has 5 amide bonds. The van der Waals surface area contributed by atoms with Crippen LogP contribution in [0.4, 0.5) is 14.9 Å². The van der Waals surface area contributed by atoms with E-state index in [4.69, 9.17) is 17.3 Å². The summed E-state index contributed by atoms with van der Waals surface area (Å²) in [6, 6.07) is 8.55. The molecule has 0 aliphatic heterocycles. The molecule has 1 unspecified atom stereocenters. The van der Waals surface area contributed by atoms with E-state index in [1.165, 1.54) is 21.7 Å².